The maximum Gasteiger partial charge on any atom is 0.174 e. The lowest BCUT2D eigenvalue weighted by molar-refractivity contribution is 0.0730. The zero-order valence-electron chi connectivity index (χ0n) is 8.81. The van der Waals surface area contributed by atoms with E-state index in [-0.39, 0.29) is 0 Å². The Bertz CT molecular complexity index is 326. The topological polar surface area (TPSA) is 35.5 Å². The van der Waals surface area contributed by atoms with Gasteiger partial charge in [-0.2, -0.15) is 0 Å². The van der Waals surface area contributed by atoms with Gasteiger partial charge >= 0.3 is 0 Å². The summed E-state index contributed by atoms with van der Waals surface area (Å²) in [6, 6.07) is 7.85. The number of benzene rings is 1. The molecule has 1 atom stereocenters. The molecule has 15 heavy (non-hydrogen) atoms. The van der Waals surface area contributed by atoms with E-state index in [1.165, 1.54) is 0 Å². The molecule has 1 saturated heterocycles. The van der Waals surface area contributed by atoms with Crippen LogP contribution >= 0.6 is 0 Å². The minimum absolute atomic E-state index is 0.678. The molecule has 0 aromatic heterocycles. The normalized spacial score (nSPS) is 20.1. The van der Waals surface area contributed by atoms with Gasteiger partial charge < -0.3 is 9.29 Å². The second-order valence-electron chi connectivity index (χ2n) is 3.61. The van der Waals surface area contributed by atoms with Crippen molar-refractivity contribution in [2.24, 2.45) is 0 Å². The fourth-order valence-electron chi connectivity index (χ4n) is 1.59. The average Bonchev–Trinajstić information content (AvgIpc) is 2.29. The Morgan fingerprint density at radius 3 is 2.73 bits per heavy atom. The molecule has 1 aromatic rings. The van der Waals surface area contributed by atoms with Crippen molar-refractivity contribution in [2.45, 2.75) is 11.8 Å². The van der Waals surface area contributed by atoms with Gasteiger partial charge in [0.25, 0.3) is 0 Å². The van der Waals surface area contributed by atoms with Crippen LogP contribution in [-0.4, -0.2) is 35.2 Å². The molecule has 0 spiro atoms. The Morgan fingerprint density at radius 1 is 1.33 bits per heavy atom. The van der Waals surface area contributed by atoms with Crippen molar-refractivity contribution < 1.29 is 9.29 Å². The smallest absolute Gasteiger partial charge is 0.174 e. The highest BCUT2D eigenvalue weighted by Gasteiger charge is 2.24. The highest BCUT2D eigenvalue weighted by molar-refractivity contribution is 7.89. The first-order valence-electron chi connectivity index (χ1n) is 5.08. The number of aryl methyl sites for hydroxylation is 1. The lowest BCUT2D eigenvalue weighted by atomic mass is 10.2. The van der Waals surface area contributed by atoms with Crippen molar-refractivity contribution in [3.05, 3.63) is 29.8 Å². The SMILES string of the molecule is Cc1cccc([S+]([O-])N2CCOCC2)c1. The first kappa shape index (κ1) is 11.0. The van der Waals surface area contributed by atoms with Crippen molar-refractivity contribution in [3.63, 3.8) is 0 Å². The van der Waals surface area contributed by atoms with Crippen LogP contribution in [0.25, 0.3) is 0 Å². The monoisotopic (exact) mass is 225 g/mol. The van der Waals surface area contributed by atoms with E-state index in [0.717, 1.165) is 23.5 Å². The van der Waals surface area contributed by atoms with Crippen LogP contribution in [0, 0.1) is 6.92 Å². The number of hydrogen-bond acceptors (Lipinski definition) is 3. The first-order valence-corrected chi connectivity index (χ1v) is 6.19. The fraction of sp³-hybridized carbons (Fsp3) is 0.455. The zero-order valence-corrected chi connectivity index (χ0v) is 9.63. The third-order valence-electron chi connectivity index (χ3n) is 2.40. The quantitative estimate of drug-likeness (QED) is 0.713. The minimum atomic E-state index is -1.03. The summed E-state index contributed by atoms with van der Waals surface area (Å²) >= 11 is -1.03. The Morgan fingerprint density at radius 2 is 2.07 bits per heavy atom. The van der Waals surface area contributed by atoms with Crippen LogP contribution in [0.2, 0.25) is 0 Å². The molecule has 1 heterocycles. The van der Waals surface area contributed by atoms with E-state index in [0.29, 0.717) is 13.2 Å². The van der Waals surface area contributed by atoms with Crippen LogP contribution < -0.4 is 0 Å². The molecule has 4 heteroatoms. The van der Waals surface area contributed by atoms with Crippen LogP contribution in [0.4, 0.5) is 0 Å². The summed E-state index contributed by atoms with van der Waals surface area (Å²) in [7, 11) is 0. The fourth-order valence-corrected chi connectivity index (χ4v) is 2.85. The van der Waals surface area contributed by atoms with Gasteiger partial charge in [0.15, 0.2) is 4.90 Å². The molecule has 1 aliphatic rings. The summed E-state index contributed by atoms with van der Waals surface area (Å²) in [5.41, 5.74) is 1.15. The Balaban J connectivity index is 2.08. The molecule has 1 unspecified atom stereocenters. The second kappa shape index (κ2) is 4.99. The van der Waals surface area contributed by atoms with Crippen LogP contribution in [0.5, 0.6) is 0 Å². The van der Waals surface area contributed by atoms with Crippen LogP contribution in [0.1, 0.15) is 5.56 Å². The molecule has 0 radical (unpaired) electrons. The molecular formula is C11H15NO2S. The maximum absolute atomic E-state index is 12.1. The van der Waals surface area contributed by atoms with Gasteiger partial charge in [-0.05, 0) is 24.6 Å². The van der Waals surface area contributed by atoms with Gasteiger partial charge in [0.05, 0.1) is 37.7 Å². The van der Waals surface area contributed by atoms with Crippen molar-refractivity contribution in [3.8, 4) is 0 Å². The van der Waals surface area contributed by atoms with Gasteiger partial charge in [-0.15, -0.1) is 4.31 Å². The standard InChI is InChI=1S/C11H15NO2S/c1-10-3-2-4-11(9-10)15(13)12-5-7-14-8-6-12/h2-4,9H,5-8H2,1H3. The van der Waals surface area contributed by atoms with E-state index in [1.807, 2.05) is 35.5 Å². The number of ether oxygens (including phenoxy) is 1. The summed E-state index contributed by atoms with van der Waals surface area (Å²) in [6.07, 6.45) is 0. The van der Waals surface area contributed by atoms with Gasteiger partial charge in [0, 0.05) is 0 Å². The molecule has 1 aromatic carbocycles. The largest absolute Gasteiger partial charge is 0.593 e. The van der Waals surface area contributed by atoms with Gasteiger partial charge in [-0.25, -0.2) is 0 Å². The summed E-state index contributed by atoms with van der Waals surface area (Å²) in [6.45, 7) is 4.87. The van der Waals surface area contributed by atoms with Gasteiger partial charge in [0.1, 0.15) is 0 Å². The predicted octanol–water partition coefficient (Wildman–Crippen LogP) is 1.35. The average molecular weight is 225 g/mol. The highest BCUT2D eigenvalue weighted by Crippen LogP contribution is 2.17. The van der Waals surface area contributed by atoms with Crippen molar-refractivity contribution in [2.75, 3.05) is 26.3 Å². The Kier molecular flexibility index (Phi) is 3.64. The van der Waals surface area contributed by atoms with Gasteiger partial charge in [-0.3, -0.25) is 0 Å². The summed E-state index contributed by atoms with van der Waals surface area (Å²) in [4.78, 5) is 0.886. The third kappa shape index (κ3) is 2.72. The lowest BCUT2D eigenvalue weighted by Crippen LogP contribution is -2.40. The predicted molar refractivity (Wildman–Crippen MR) is 60.0 cm³/mol. The molecule has 1 aliphatic heterocycles. The number of hydrogen-bond donors (Lipinski definition) is 0. The molecule has 0 amide bonds. The van der Waals surface area contributed by atoms with E-state index in [2.05, 4.69) is 0 Å². The van der Waals surface area contributed by atoms with Crippen LogP contribution in [0.3, 0.4) is 0 Å². The van der Waals surface area contributed by atoms with Crippen molar-refractivity contribution in [1.82, 2.24) is 4.31 Å². The van der Waals surface area contributed by atoms with E-state index < -0.39 is 11.4 Å². The maximum atomic E-state index is 12.1. The molecular weight excluding hydrogens is 210 g/mol. The summed E-state index contributed by atoms with van der Waals surface area (Å²) < 4.78 is 19.3. The molecule has 1 fully saturated rings. The molecule has 0 aliphatic carbocycles. The number of nitrogens with zero attached hydrogens (tertiary/aromatic N) is 1. The number of morpholine rings is 1. The van der Waals surface area contributed by atoms with E-state index in [4.69, 9.17) is 4.74 Å². The highest BCUT2D eigenvalue weighted by atomic mass is 32.2. The first-order chi connectivity index (χ1) is 7.27. The molecule has 0 bridgehead atoms. The Labute approximate surface area is 93.4 Å². The van der Waals surface area contributed by atoms with Crippen molar-refractivity contribution in [1.29, 1.82) is 0 Å². The van der Waals surface area contributed by atoms with E-state index >= 15 is 0 Å². The molecule has 3 nitrogen and oxygen atoms in total. The minimum Gasteiger partial charge on any atom is -0.593 e. The van der Waals surface area contributed by atoms with Gasteiger partial charge in [-0.1, -0.05) is 12.1 Å². The van der Waals surface area contributed by atoms with E-state index in [1.54, 1.807) is 0 Å². The van der Waals surface area contributed by atoms with Crippen LogP contribution in [0.15, 0.2) is 29.2 Å². The van der Waals surface area contributed by atoms with Crippen LogP contribution in [-0.2, 0) is 16.1 Å². The number of rotatable bonds is 2. The molecule has 0 saturated carbocycles. The summed E-state index contributed by atoms with van der Waals surface area (Å²) in [5, 5.41) is 0. The zero-order chi connectivity index (χ0) is 10.7. The molecule has 2 rings (SSSR count). The molecule has 82 valence electrons. The van der Waals surface area contributed by atoms with Crippen molar-refractivity contribution >= 4 is 11.4 Å². The van der Waals surface area contributed by atoms with E-state index in [9.17, 15) is 4.55 Å². The lowest BCUT2D eigenvalue weighted by Gasteiger charge is -2.27. The third-order valence-corrected chi connectivity index (χ3v) is 3.89. The second-order valence-corrected chi connectivity index (χ2v) is 5.09. The molecule has 0 N–H and O–H groups in total. The van der Waals surface area contributed by atoms with Gasteiger partial charge in [0.2, 0.25) is 0 Å². The summed E-state index contributed by atoms with van der Waals surface area (Å²) in [5.74, 6) is 0. The Hall–Kier alpha value is -0.550.